The van der Waals surface area contributed by atoms with Crippen LogP contribution in [-0.4, -0.2) is 46.2 Å². The van der Waals surface area contributed by atoms with Gasteiger partial charge in [-0.15, -0.1) is 0 Å². The number of hydrogen-bond donors (Lipinski definition) is 4. The lowest BCUT2D eigenvalue weighted by atomic mass is 10.1. The van der Waals surface area contributed by atoms with E-state index in [0.29, 0.717) is 25.1 Å². The molecule has 7 nitrogen and oxygen atoms in total. The Balaban J connectivity index is 0.000000241. The number of aliphatic carboxylic acids is 2. The van der Waals surface area contributed by atoms with Gasteiger partial charge in [0.1, 0.15) is 6.04 Å². The Morgan fingerprint density at radius 1 is 1.26 bits per heavy atom. The minimum absolute atomic E-state index is 0.367. The number of carboxylic acids is 2. The third-order valence-corrected chi connectivity index (χ3v) is 3.32. The zero-order chi connectivity index (χ0) is 17.2. The number of nitrogens with zero attached hydrogens (tertiary/aromatic N) is 1. The number of carboxylic acid groups (broad SMARTS) is 2. The van der Waals surface area contributed by atoms with Crippen LogP contribution in [0.1, 0.15) is 19.3 Å². The van der Waals surface area contributed by atoms with Gasteiger partial charge in [-0.2, -0.15) is 0 Å². The van der Waals surface area contributed by atoms with Crippen LogP contribution in [0, 0.1) is 0 Å². The van der Waals surface area contributed by atoms with E-state index in [9.17, 15) is 9.59 Å². The molecule has 0 radical (unpaired) electrons. The Bertz CT molecular complexity index is 550. The molecule has 0 fully saturated rings. The number of nitrogens with two attached hydrogens (primary N) is 2. The van der Waals surface area contributed by atoms with Gasteiger partial charge in [0, 0.05) is 18.4 Å². The molecular weight excluding hydrogens is 298 g/mol. The van der Waals surface area contributed by atoms with E-state index in [1.807, 2.05) is 29.3 Å². The third kappa shape index (κ3) is 6.50. The average Bonchev–Trinajstić information content (AvgIpc) is 2.55. The molecule has 0 amide bonds. The van der Waals surface area contributed by atoms with E-state index >= 15 is 0 Å². The summed E-state index contributed by atoms with van der Waals surface area (Å²) in [6.07, 6.45) is 13.2. The summed E-state index contributed by atoms with van der Waals surface area (Å²) in [4.78, 5) is 22.8. The van der Waals surface area contributed by atoms with Crippen molar-refractivity contribution in [2.45, 2.75) is 25.3 Å². The summed E-state index contributed by atoms with van der Waals surface area (Å²) < 4.78 is 0. The van der Waals surface area contributed by atoms with Gasteiger partial charge in [-0.3, -0.25) is 4.79 Å². The molecule has 0 aromatic heterocycles. The van der Waals surface area contributed by atoms with Crippen molar-refractivity contribution in [1.29, 1.82) is 0 Å². The highest BCUT2D eigenvalue weighted by molar-refractivity contribution is 5.90. The zero-order valence-corrected chi connectivity index (χ0v) is 12.9. The first kappa shape index (κ1) is 18.7. The lowest BCUT2D eigenvalue weighted by Crippen LogP contribution is -2.29. The van der Waals surface area contributed by atoms with E-state index in [-0.39, 0.29) is 0 Å². The van der Waals surface area contributed by atoms with Gasteiger partial charge in [0.15, 0.2) is 0 Å². The van der Waals surface area contributed by atoms with Crippen LogP contribution in [0.3, 0.4) is 0 Å². The van der Waals surface area contributed by atoms with Gasteiger partial charge in [-0.05, 0) is 37.6 Å². The molecule has 2 heterocycles. The standard InChI is InChI=1S/C10H9NO2.C6H14N2O2/c12-10(13)8-4-6-11-5-2-1-3-9(11)7-8;7-4-2-1-3-5(8)6(9)10/h1-5,7H,6H2,(H,12,13);5H,1-4,7-8H2,(H,9,10)/t;5-/m.0/s1. The van der Waals surface area contributed by atoms with Crippen LogP contribution in [0.5, 0.6) is 0 Å². The topological polar surface area (TPSA) is 130 Å². The molecule has 2 aliphatic heterocycles. The first-order chi connectivity index (χ1) is 11.0. The van der Waals surface area contributed by atoms with Crippen molar-refractivity contribution in [1.82, 2.24) is 4.90 Å². The summed E-state index contributed by atoms with van der Waals surface area (Å²) in [5.41, 5.74) is 11.7. The molecule has 7 heteroatoms. The number of carbonyl (C=O) groups is 2. The van der Waals surface area contributed by atoms with Crippen molar-refractivity contribution >= 4 is 11.9 Å². The lowest BCUT2D eigenvalue weighted by Gasteiger charge is -2.25. The van der Waals surface area contributed by atoms with Crippen molar-refractivity contribution in [2.24, 2.45) is 11.5 Å². The number of unbranched alkanes of at least 4 members (excludes halogenated alkanes) is 1. The summed E-state index contributed by atoms with van der Waals surface area (Å²) in [6, 6.07) is -0.716. The van der Waals surface area contributed by atoms with E-state index < -0.39 is 18.0 Å². The molecule has 2 rings (SSSR count). The van der Waals surface area contributed by atoms with Crippen molar-refractivity contribution in [2.75, 3.05) is 13.1 Å². The highest BCUT2D eigenvalue weighted by Gasteiger charge is 2.14. The summed E-state index contributed by atoms with van der Waals surface area (Å²) in [5, 5.41) is 17.1. The average molecular weight is 321 g/mol. The summed E-state index contributed by atoms with van der Waals surface area (Å²) in [5.74, 6) is -1.80. The molecule has 126 valence electrons. The highest BCUT2D eigenvalue weighted by Crippen LogP contribution is 2.19. The Hall–Kier alpha value is -2.38. The number of hydrogen-bond acceptors (Lipinski definition) is 5. The summed E-state index contributed by atoms with van der Waals surface area (Å²) in [7, 11) is 0. The molecule has 0 bridgehead atoms. The molecule has 0 saturated heterocycles. The van der Waals surface area contributed by atoms with Gasteiger partial charge < -0.3 is 26.6 Å². The molecule has 0 aromatic rings. The highest BCUT2D eigenvalue weighted by atomic mass is 16.4. The monoisotopic (exact) mass is 321 g/mol. The van der Waals surface area contributed by atoms with Gasteiger partial charge in [-0.25, -0.2) is 4.79 Å². The van der Waals surface area contributed by atoms with E-state index in [0.717, 1.165) is 18.5 Å². The minimum atomic E-state index is -0.933. The fourth-order valence-electron chi connectivity index (χ4n) is 1.98. The van der Waals surface area contributed by atoms with E-state index in [1.54, 1.807) is 12.2 Å². The third-order valence-electron chi connectivity index (χ3n) is 3.32. The molecule has 23 heavy (non-hydrogen) atoms. The lowest BCUT2D eigenvalue weighted by molar-refractivity contribution is -0.138. The Morgan fingerprint density at radius 3 is 2.61 bits per heavy atom. The molecule has 0 spiro atoms. The SMILES string of the molecule is NCCCC[C@H](N)C(=O)O.O=C(O)C1=CCN2C=CC=CC2=C1. The molecule has 0 aromatic carbocycles. The molecule has 2 aliphatic rings. The molecule has 6 N–H and O–H groups in total. The van der Waals surface area contributed by atoms with Crippen LogP contribution in [-0.2, 0) is 9.59 Å². The fourth-order valence-corrected chi connectivity index (χ4v) is 1.98. The molecule has 0 aliphatic carbocycles. The van der Waals surface area contributed by atoms with Crippen molar-refractivity contribution < 1.29 is 19.8 Å². The van der Waals surface area contributed by atoms with Crippen LogP contribution in [0.15, 0.2) is 47.9 Å². The second kappa shape index (κ2) is 9.60. The maximum Gasteiger partial charge on any atom is 0.335 e. The maximum atomic E-state index is 10.7. The van der Waals surface area contributed by atoms with Gasteiger partial charge >= 0.3 is 11.9 Å². The van der Waals surface area contributed by atoms with Gasteiger partial charge in [0.25, 0.3) is 0 Å². The number of fused-ring (bicyclic) bond motifs is 1. The van der Waals surface area contributed by atoms with Crippen LogP contribution in [0.2, 0.25) is 0 Å². The molecular formula is C16H23N3O4. The summed E-state index contributed by atoms with van der Waals surface area (Å²) in [6.45, 7) is 1.24. The first-order valence-corrected chi connectivity index (χ1v) is 7.40. The molecule has 1 atom stereocenters. The van der Waals surface area contributed by atoms with Gasteiger partial charge in [0.05, 0.1) is 5.57 Å². The van der Waals surface area contributed by atoms with Crippen molar-refractivity contribution in [3.63, 3.8) is 0 Å². The Morgan fingerprint density at radius 2 is 2.00 bits per heavy atom. The molecule has 0 saturated carbocycles. The quantitative estimate of drug-likeness (QED) is 0.532. The van der Waals surface area contributed by atoms with E-state index in [1.165, 1.54) is 0 Å². The first-order valence-electron chi connectivity index (χ1n) is 7.40. The van der Waals surface area contributed by atoms with Gasteiger partial charge in [0.2, 0.25) is 0 Å². The maximum absolute atomic E-state index is 10.7. The van der Waals surface area contributed by atoms with E-state index in [4.69, 9.17) is 21.7 Å². The predicted octanol–water partition coefficient (Wildman–Crippen LogP) is 0.808. The number of rotatable bonds is 6. The normalized spacial score (nSPS) is 16.5. The summed E-state index contributed by atoms with van der Waals surface area (Å²) >= 11 is 0. The van der Waals surface area contributed by atoms with Crippen molar-refractivity contribution in [3.05, 3.63) is 47.9 Å². The van der Waals surface area contributed by atoms with Crippen LogP contribution in [0.25, 0.3) is 0 Å². The minimum Gasteiger partial charge on any atom is -0.480 e. The largest absolute Gasteiger partial charge is 0.480 e. The van der Waals surface area contributed by atoms with E-state index in [2.05, 4.69) is 0 Å². The van der Waals surface area contributed by atoms with Crippen LogP contribution >= 0.6 is 0 Å². The van der Waals surface area contributed by atoms with Crippen molar-refractivity contribution in [3.8, 4) is 0 Å². The van der Waals surface area contributed by atoms with Crippen LogP contribution < -0.4 is 11.5 Å². The smallest absolute Gasteiger partial charge is 0.335 e. The fraction of sp³-hybridized carbons (Fsp3) is 0.375. The Labute approximate surface area is 135 Å². The number of allylic oxidation sites excluding steroid dienone is 3. The predicted molar refractivity (Wildman–Crippen MR) is 87.3 cm³/mol. The van der Waals surface area contributed by atoms with Crippen LogP contribution in [0.4, 0.5) is 0 Å². The Kier molecular flexibility index (Phi) is 7.79. The van der Waals surface area contributed by atoms with Gasteiger partial charge in [-0.1, -0.05) is 18.6 Å². The molecule has 0 unspecified atom stereocenters. The zero-order valence-electron chi connectivity index (χ0n) is 12.9. The second-order valence-corrected chi connectivity index (χ2v) is 5.12. The second-order valence-electron chi connectivity index (χ2n) is 5.12.